The van der Waals surface area contributed by atoms with E-state index >= 15 is 0 Å². The minimum absolute atomic E-state index is 0.425. The van der Waals surface area contributed by atoms with Gasteiger partial charge in [-0.2, -0.15) is 0 Å². The summed E-state index contributed by atoms with van der Waals surface area (Å²) < 4.78 is 25.0. The van der Waals surface area contributed by atoms with Crippen LogP contribution < -0.4 is 14.1 Å². The van der Waals surface area contributed by atoms with E-state index in [4.69, 9.17) is 9.05 Å². The van der Waals surface area contributed by atoms with Crippen molar-refractivity contribution in [2.75, 3.05) is 5.09 Å². The standard InChI is InChI=1S/C20H21N2O3P/c1-15-6-4-8-18(12-15)24-26(23,22-20-14-17(3)10-11-21-20)25-19-9-5-7-16(2)13-19/h4-14H,1-3H3,(H,21,22,23). The van der Waals surface area contributed by atoms with E-state index in [1.54, 1.807) is 36.5 Å². The van der Waals surface area contributed by atoms with Crippen LogP contribution in [0.5, 0.6) is 11.5 Å². The maximum Gasteiger partial charge on any atom is 0.542 e. The molecule has 0 aliphatic heterocycles. The molecule has 0 saturated carbocycles. The number of rotatable bonds is 6. The van der Waals surface area contributed by atoms with Gasteiger partial charge in [-0.3, -0.25) is 5.09 Å². The molecular formula is C20H21N2O3P. The number of aryl methyl sites for hydroxylation is 3. The Balaban J connectivity index is 1.92. The van der Waals surface area contributed by atoms with Gasteiger partial charge in [0.25, 0.3) is 0 Å². The van der Waals surface area contributed by atoms with Gasteiger partial charge >= 0.3 is 7.75 Å². The van der Waals surface area contributed by atoms with Crippen molar-refractivity contribution in [3.05, 3.63) is 83.6 Å². The van der Waals surface area contributed by atoms with E-state index in [1.165, 1.54) is 0 Å². The summed E-state index contributed by atoms with van der Waals surface area (Å²) in [6, 6.07) is 18.3. The minimum Gasteiger partial charge on any atom is -0.400 e. The van der Waals surface area contributed by atoms with Gasteiger partial charge in [0.05, 0.1) is 0 Å². The first-order valence-corrected chi connectivity index (χ1v) is 9.80. The van der Waals surface area contributed by atoms with Crippen molar-refractivity contribution < 1.29 is 13.6 Å². The van der Waals surface area contributed by atoms with Gasteiger partial charge in [-0.25, -0.2) is 9.55 Å². The van der Waals surface area contributed by atoms with Crippen LogP contribution in [0.15, 0.2) is 66.9 Å². The Morgan fingerprint density at radius 3 is 1.85 bits per heavy atom. The first kappa shape index (κ1) is 18.0. The Bertz CT molecular complexity index is 837. The van der Waals surface area contributed by atoms with Crippen LogP contribution in [0.4, 0.5) is 5.82 Å². The molecule has 0 radical (unpaired) electrons. The molecule has 0 amide bonds. The lowest BCUT2D eigenvalue weighted by atomic mass is 10.2. The van der Waals surface area contributed by atoms with Crippen molar-refractivity contribution in [1.29, 1.82) is 0 Å². The molecule has 1 heterocycles. The average molecular weight is 368 g/mol. The van der Waals surface area contributed by atoms with E-state index in [0.29, 0.717) is 17.3 Å². The number of aromatic nitrogens is 1. The number of anilines is 1. The third-order valence-corrected chi connectivity index (χ3v) is 5.00. The van der Waals surface area contributed by atoms with Gasteiger partial charge in [-0.05, 0) is 73.9 Å². The van der Waals surface area contributed by atoms with Crippen LogP contribution in [0, 0.1) is 20.8 Å². The zero-order valence-corrected chi connectivity index (χ0v) is 15.9. The van der Waals surface area contributed by atoms with Crippen molar-refractivity contribution in [2.45, 2.75) is 20.8 Å². The van der Waals surface area contributed by atoms with Crippen LogP contribution >= 0.6 is 7.75 Å². The normalized spacial score (nSPS) is 11.0. The van der Waals surface area contributed by atoms with Crippen molar-refractivity contribution in [1.82, 2.24) is 4.98 Å². The second-order valence-corrected chi connectivity index (χ2v) is 7.73. The van der Waals surface area contributed by atoms with Gasteiger partial charge in [0.1, 0.15) is 17.3 Å². The third-order valence-electron chi connectivity index (χ3n) is 3.60. The Labute approximate surface area is 153 Å². The van der Waals surface area contributed by atoms with Gasteiger partial charge in [0.2, 0.25) is 0 Å². The average Bonchev–Trinajstić information content (AvgIpc) is 2.54. The second kappa shape index (κ2) is 7.63. The molecular weight excluding hydrogens is 347 g/mol. The molecule has 0 aliphatic carbocycles. The van der Waals surface area contributed by atoms with Gasteiger partial charge < -0.3 is 9.05 Å². The van der Waals surface area contributed by atoms with Crippen molar-refractivity contribution in [2.24, 2.45) is 0 Å². The molecule has 26 heavy (non-hydrogen) atoms. The summed E-state index contributed by atoms with van der Waals surface area (Å²) in [6.45, 7) is 5.81. The van der Waals surface area contributed by atoms with Crippen molar-refractivity contribution in [3.8, 4) is 11.5 Å². The smallest absolute Gasteiger partial charge is 0.400 e. The SMILES string of the molecule is Cc1cccc(OP(=O)(Nc2cc(C)ccn2)Oc2cccc(C)c2)c1. The number of benzene rings is 2. The van der Waals surface area contributed by atoms with Crippen LogP contribution in [0.1, 0.15) is 16.7 Å². The fraction of sp³-hybridized carbons (Fsp3) is 0.150. The highest BCUT2D eigenvalue weighted by atomic mass is 31.2. The zero-order chi connectivity index (χ0) is 18.6. The second-order valence-electron chi connectivity index (χ2n) is 6.14. The fourth-order valence-corrected chi connectivity index (χ4v) is 3.74. The minimum atomic E-state index is -3.76. The summed E-state index contributed by atoms with van der Waals surface area (Å²) in [5, 5.41) is 2.83. The highest BCUT2D eigenvalue weighted by molar-refractivity contribution is 7.56. The van der Waals surface area contributed by atoms with E-state index in [9.17, 15) is 4.57 Å². The fourth-order valence-electron chi connectivity index (χ4n) is 2.42. The molecule has 0 bridgehead atoms. The zero-order valence-electron chi connectivity index (χ0n) is 15.0. The summed E-state index contributed by atoms with van der Waals surface area (Å²) in [5.74, 6) is 1.34. The highest BCUT2D eigenvalue weighted by Crippen LogP contribution is 2.48. The maximum atomic E-state index is 13.5. The molecule has 0 aliphatic rings. The maximum absolute atomic E-state index is 13.5. The van der Waals surface area contributed by atoms with Crippen LogP contribution in [0.2, 0.25) is 0 Å². The molecule has 0 fully saturated rings. The summed E-state index contributed by atoms with van der Waals surface area (Å²) in [6.07, 6.45) is 1.64. The number of nitrogens with zero attached hydrogens (tertiary/aromatic N) is 1. The molecule has 3 aromatic rings. The topological polar surface area (TPSA) is 60.5 Å². The molecule has 134 valence electrons. The van der Waals surface area contributed by atoms with Crippen LogP contribution in [0.3, 0.4) is 0 Å². The molecule has 1 N–H and O–H groups in total. The molecule has 3 rings (SSSR count). The lowest BCUT2D eigenvalue weighted by Gasteiger charge is -2.21. The predicted molar refractivity (Wildman–Crippen MR) is 104 cm³/mol. The lowest BCUT2D eigenvalue weighted by molar-refractivity contribution is 0.392. The number of pyridine rings is 1. The van der Waals surface area contributed by atoms with E-state index in [2.05, 4.69) is 10.1 Å². The molecule has 0 atom stereocenters. The summed E-state index contributed by atoms with van der Waals surface area (Å²) >= 11 is 0. The Kier molecular flexibility index (Phi) is 5.29. The van der Waals surface area contributed by atoms with Crippen LogP contribution in [-0.2, 0) is 4.57 Å². The Hall–Kier alpha value is -2.78. The Morgan fingerprint density at radius 2 is 1.35 bits per heavy atom. The van der Waals surface area contributed by atoms with Gasteiger partial charge in [-0.1, -0.05) is 24.3 Å². The monoisotopic (exact) mass is 368 g/mol. The summed E-state index contributed by atoms with van der Waals surface area (Å²) in [4.78, 5) is 4.20. The first-order valence-electron chi connectivity index (χ1n) is 8.25. The molecule has 1 aromatic heterocycles. The van der Waals surface area contributed by atoms with Gasteiger partial charge in [-0.15, -0.1) is 0 Å². The molecule has 0 spiro atoms. The lowest BCUT2D eigenvalue weighted by Crippen LogP contribution is -2.11. The number of hydrogen-bond acceptors (Lipinski definition) is 4. The van der Waals surface area contributed by atoms with Crippen molar-refractivity contribution in [3.63, 3.8) is 0 Å². The summed E-state index contributed by atoms with van der Waals surface area (Å²) in [5.41, 5.74) is 2.98. The molecule has 0 unspecified atom stereocenters. The quantitative estimate of drug-likeness (QED) is 0.567. The first-order chi connectivity index (χ1) is 12.4. The van der Waals surface area contributed by atoms with Crippen LogP contribution in [0.25, 0.3) is 0 Å². The molecule has 0 saturated heterocycles. The van der Waals surface area contributed by atoms with E-state index in [1.807, 2.05) is 51.1 Å². The third kappa shape index (κ3) is 4.87. The number of hydrogen-bond donors (Lipinski definition) is 1. The number of nitrogens with one attached hydrogen (secondary N) is 1. The molecule has 2 aromatic carbocycles. The predicted octanol–water partition coefficient (Wildman–Crippen LogP) is 5.68. The van der Waals surface area contributed by atoms with Crippen LogP contribution in [-0.4, -0.2) is 4.98 Å². The van der Waals surface area contributed by atoms with Gasteiger partial charge in [0.15, 0.2) is 0 Å². The molecule has 6 heteroatoms. The summed E-state index contributed by atoms with van der Waals surface area (Å²) in [7, 11) is -3.76. The Morgan fingerprint density at radius 1 is 0.808 bits per heavy atom. The van der Waals surface area contributed by atoms with E-state index in [-0.39, 0.29) is 0 Å². The van der Waals surface area contributed by atoms with Gasteiger partial charge in [0, 0.05) is 6.20 Å². The highest BCUT2D eigenvalue weighted by Gasteiger charge is 2.29. The largest absolute Gasteiger partial charge is 0.542 e. The molecule has 5 nitrogen and oxygen atoms in total. The van der Waals surface area contributed by atoms with E-state index < -0.39 is 7.75 Å². The van der Waals surface area contributed by atoms with Crippen molar-refractivity contribution >= 4 is 13.6 Å². The van der Waals surface area contributed by atoms with E-state index in [0.717, 1.165) is 16.7 Å².